The molecule has 3 N–H and O–H groups in total. The first kappa shape index (κ1) is 13.5. The molecule has 0 aromatic heterocycles. The molecule has 0 amide bonds. The van der Waals surface area contributed by atoms with Crippen molar-refractivity contribution in [1.29, 1.82) is 0 Å². The number of rotatable bonds is 0. The van der Waals surface area contributed by atoms with E-state index in [-0.39, 0.29) is 12.3 Å². The number of halogens is 3. The summed E-state index contributed by atoms with van der Waals surface area (Å²) >= 11 is 4.56. The van der Waals surface area contributed by atoms with E-state index in [1.165, 1.54) is 0 Å². The number of aliphatic hydroxyl groups is 1. The lowest BCUT2D eigenvalue weighted by atomic mass is 9.76. The Kier molecular flexibility index (Phi) is 3.05. The fourth-order valence-corrected chi connectivity index (χ4v) is 2.81. The van der Waals surface area contributed by atoms with Gasteiger partial charge in [0.05, 0.1) is 5.92 Å². The molecule has 1 aliphatic carbocycles. The van der Waals surface area contributed by atoms with Crippen LogP contribution in [0, 0.1) is 11.8 Å². The highest BCUT2D eigenvalue weighted by Crippen LogP contribution is 2.48. The molecule has 2 rings (SSSR count). The minimum atomic E-state index is -4.86. The van der Waals surface area contributed by atoms with Crippen LogP contribution in [0.2, 0.25) is 0 Å². The van der Waals surface area contributed by atoms with Gasteiger partial charge in [-0.1, -0.05) is 6.92 Å². The summed E-state index contributed by atoms with van der Waals surface area (Å²) in [5, 5.41) is 13.6. The number of hydrazone groups is 1. The van der Waals surface area contributed by atoms with E-state index >= 15 is 0 Å². The van der Waals surface area contributed by atoms with Crippen molar-refractivity contribution in [2.75, 3.05) is 0 Å². The van der Waals surface area contributed by atoms with Crippen LogP contribution >= 0.6 is 12.2 Å². The molecule has 0 aromatic carbocycles. The summed E-state index contributed by atoms with van der Waals surface area (Å²) in [6.45, 7) is 1.86. The molecule has 0 radical (unpaired) electrons. The quantitative estimate of drug-likeness (QED) is 0.662. The number of hydrogen-bond acceptors (Lipinski definition) is 3. The molecule has 3 atom stereocenters. The highest BCUT2D eigenvalue weighted by Gasteiger charge is 2.68. The van der Waals surface area contributed by atoms with Gasteiger partial charge in [0.25, 0.3) is 5.72 Å². The van der Waals surface area contributed by atoms with Gasteiger partial charge in [0.15, 0.2) is 5.11 Å². The number of nitrogens with zero attached hydrogens (tertiary/aromatic N) is 2. The Morgan fingerprint density at radius 2 is 2.22 bits per heavy atom. The van der Waals surface area contributed by atoms with Crippen molar-refractivity contribution in [3.05, 3.63) is 0 Å². The van der Waals surface area contributed by atoms with Crippen LogP contribution in [0.5, 0.6) is 0 Å². The average molecular weight is 281 g/mol. The monoisotopic (exact) mass is 281 g/mol. The molecule has 0 bridgehead atoms. The van der Waals surface area contributed by atoms with Crippen molar-refractivity contribution in [3.8, 4) is 0 Å². The second-order valence-electron chi connectivity index (χ2n) is 4.90. The molecule has 0 aromatic rings. The van der Waals surface area contributed by atoms with Crippen LogP contribution in [0.25, 0.3) is 0 Å². The lowest BCUT2D eigenvalue weighted by Gasteiger charge is -2.39. The van der Waals surface area contributed by atoms with E-state index in [4.69, 9.17) is 5.73 Å². The van der Waals surface area contributed by atoms with Gasteiger partial charge in [-0.3, -0.25) is 0 Å². The molecule has 1 aliphatic heterocycles. The SMILES string of the molecule is C[C@@H]1CCC2=NN(C(N)=S)[C@@](O)(C(F)(F)F)[C@@H]2C1. The number of alkyl halides is 3. The summed E-state index contributed by atoms with van der Waals surface area (Å²) in [5.74, 6) is -0.975. The fraction of sp³-hybridized carbons (Fsp3) is 0.800. The third-order valence-electron chi connectivity index (χ3n) is 3.60. The smallest absolute Gasteiger partial charge is 0.375 e. The van der Waals surface area contributed by atoms with E-state index in [2.05, 4.69) is 17.3 Å². The number of fused-ring (bicyclic) bond motifs is 1. The van der Waals surface area contributed by atoms with Gasteiger partial charge in [-0.05, 0) is 37.4 Å². The van der Waals surface area contributed by atoms with Crippen LogP contribution in [0.4, 0.5) is 13.2 Å². The molecule has 18 heavy (non-hydrogen) atoms. The molecule has 0 spiro atoms. The Balaban J connectivity index is 2.45. The van der Waals surface area contributed by atoms with E-state index in [1.54, 1.807) is 0 Å². The fourth-order valence-electron chi connectivity index (χ4n) is 2.63. The van der Waals surface area contributed by atoms with Crippen LogP contribution in [0.3, 0.4) is 0 Å². The first-order valence-electron chi connectivity index (χ1n) is 5.64. The zero-order valence-electron chi connectivity index (χ0n) is 9.74. The summed E-state index contributed by atoms with van der Waals surface area (Å²) in [7, 11) is 0. The van der Waals surface area contributed by atoms with E-state index in [1.807, 2.05) is 6.92 Å². The normalized spacial score (nSPS) is 36.3. The topological polar surface area (TPSA) is 61.8 Å². The molecule has 1 fully saturated rings. The Hall–Kier alpha value is -0.890. The Morgan fingerprint density at radius 1 is 1.61 bits per heavy atom. The third-order valence-corrected chi connectivity index (χ3v) is 3.77. The maximum Gasteiger partial charge on any atom is 0.439 e. The highest BCUT2D eigenvalue weighted by atomic mass is 32.1. The van der Waals surface area contributed by atoms with Gasteiger partial charge in [-0.15, -0.1) is 0 Å². The Labute approximate surface area is 108 Å². The molecule has 1 saturated carbocycles. The molecule has 8 heteroatoms. The Bertz CT molecular complexity index is 412. The van der Waals surface area contributed by atoms with Gasteiger partial charge in [0.1, 0.15) is 0 Å². The maximum atomic E-state index is 13.2. The Morgan fingerprint density at radius 3 is 2.72 bits per heavy atom. The lowest BCUT2D eigenvalue weighted by Crippen LogP contribution is -2.62. The highest BCUT2D eigenvalue weighted by molar-refractivity contribution is 7.80. The van der Waals surface area contributed by atoms with Crippen LogP contribution < -0.4 is 5.73 Å². The molecular weight excluding hydrogens is 267 g/mol. The molecular formula is C10H14F3N3OS. The number of hydrogen-bond donors (Lipinski definition) is 2. The zero-order chi connectivity index (χ0) is 13.7. The maximum absolute atomic E-state index is 13.2. The van der Waals surface area contributed by atoms with Gasteiger partial charge in [0.2, 0.25) is 0 Å². The lowest BCUT2D eigenvalue weighted by molar-refractivity contribution is -0.310. The van der Waals surface area contributed by atoms with Crippen LogP contribution in [0.15, 0.2) is 5.10 Å². The second-order valence-corrected chi connectivity index (χ2v) is 5.32. The first-order valence-corrected chi connectivity index (χ1v) is 6.05. The van der Waals surface area contributed by atoms with Gasteiger partial charge < -0.3 is 10.8 Å². The van der Waals surface area contributed by atoms with Crippen molar-refractivity contribution >= 4 is 23.0 Å². The minimum Gasteiger partial charge on any atom is -0.375 e. The predicted octanol–water partition coefficient (Wildman–Crippen LogP) is 1.59. The van der Waals surface area contributed by atoms with Gasteiger partial charge in [-0.25, -0.2) is 0 Å². The van der Waals surface area contributed by atoms with Gasteiger partial charge >= 0.3 is 6.18 Å². The number of thiocarbonyl (C=S) groups is 1. The molecule has 0 unspecified atom stereocenters. The summed E-state index contributed by atoms with van der Waals surface area (Å²) in [6, 6.07) is 0. The summed E-state index contributed by atoms with van der Waals surface area (Å²) < 4.78 is 39.5. The third kappa shape index (κ3) is 1.78. The first-order chi connectivity index (χ1) is 8.18. The van der Waals surface area contributed by atoms with Gasteiger partial charge in [0, 0.05) is 5.71 Å². The van der Waals surface area contributed by atoms with E-state index in [0.717, 1.165) is 6.42 Å². The zero-order valence-corrected chi connectivity index (χ0v) is 10.6. The van der Waals surface area contributed by atoms with Crippen LogP contribution in [-0.2, 0) is 0 Å². The summed E-state index contributed by atoms with van der Waals surface area (Å²) in [6.07, 6.45) is -3.44. The van der Waals surface area contributed by atoms with E-state index < -0.39 is 22.9 Å². The van der Waals surface area contributed by atoms with Crippen molar-refractivity contribution < 1.29 is 18.3 Å². The molecule has 0 saturated heterocycles. The van der Waals surface area contributed by atoms with Crippen molar-refractivity contribution in [2.45, 2.75) is 38.1 Å². The standard InChI is InChI=1S/C10H14F3N3OS/c1-5-2-3-7-6(4-5)9(17,10(11,12)13)16(15-7)8(14)18/h5-6,17H,2-4H2,1H3,(H2,14,18)/t5-,6-,9+/m1/s1. The number of nitrogens with two attached hydrogens (primary N) is 1. The molecule has 4 nitrogen and oxygen atoms in total. The molecule has 2 aliphatic rings. The summed E-state index contributed by atoms with van der Waals surface area (Å²) in [4.78, 5) is 0. The van der Waals surface area contributed by atoms with Crippen molar-refractivity contribution in [1.82, 2.24) is 5.01 Å². The van der Waals surface area contributed by atoms with Crippen LogP contribution in [0.1, 0.15) is 26.2 Å². The molecule has 1 heterocycles. The van der Waals surface area contributed by atoms with Crippen molar-refractivity contribution in [3.63, 3.8) is 0 Å². The van der Waals surface area contributed by atoms with E-state index in [9.17, 15) is 18.3 Å². The van der Waals surface area contributed by atoms with Crippen molar-refractivity contribution in [2.24, 2.45) is 22.7 Å². The predicted molar refractivity (Wildman–Crippen MR) is 63.6 cm³/mol. The minimum absolute atomic E-state index is 0.106. The van der Waals surface area contributed by atoms with Crippen LogP contribution in [-0.4, -0.2) is 32.8 Å². The second kappa shape index (κ2) is 4.06. The molecule has 102 valence electrons. The van der Waals surface area contributed by atoms with Gasteiger partial charge in [-0.2, -0.15) is 23.3 Å². The van der Waals surface area contributed by atoms with E-state index in [0.29, 0.717) is 17.1 Å². The average Bonchev–Trinajstić information content (AvgIpc) is 2.53. The largest absolute Gasteiger partial charge is 0.439 e. The summed E-state index contributed by atoms with van der Waals surface area (Å²) in [5.41, 5.74) is 2.49.